The average Bonchev–Trinajstić information content (AvgIpc) is 3.64. The minimum Gasteiger partial charge on any atom is -0.413 e. The number of aliphatic hydroxyl groups excluding tert-OH is 1. The third kappa shape index (κ3) is 6.60. The van der Waals surface area contributed by atoms with Crippen molar-refractivity contribution in [3.63, 3.8) is 0 Å². The average molecular weight is 863 g/mol. The zero-order chi connectivity index (χ0) is 45.3. The van der Waals surface area contributed by atoms with Gasteiger partial charge in [-0.2, -0.15) is 0 Å². The smallest absolute Gasteiger partial charge is 0.192 e. The SMILES string of the molecule is C[C@@H]1C=C2CC(=O)C=C2[C@]2(C)[C@@H]([C@@H]1O[Si](C)(C)C(C)(C)C)[C@H]1[C@@H](C[C@H]2C)C1(C)C.C[C@H]1[C@@H](O[Si](C)(C)C(C)(C)C)[C@H]2[C@H]3[C@@H](C[C@@H](C)[C@]2(C)C2=CC(=O)C[C@@]2(O)[C@@H]1O)C3(C)C. The number of rotatable bonds is 4. The molecule has 0 amide bonds. The Hall–Kier alpha value is -1.17. The van der Waals surface area contributed by atoms with Gasteiger partial charge in [-0.3, -0.25) is 9.59 Å². The van der Waals surface area contributed by atoms with Crippen molar-refractivity contribution in [2.45, 2.75) is 197 Å². The van der Waals surface area contributed by atoms with Crippen molar-refractivity contribution in [1.82, 2.24) is 0 Å². The maximum absolute atomic E-state index is 12.6. The molecule has 338 valence electrons. The van der Waals surface area contributed by atoms with E-state index in [0.29, 0.717) is 59.0 Å². The maximum atomic E-state index is 12.6. The quantitative estimate of drug-likeness (QED) is 0.274. The molecule has 0 aliphatic heterocycles. The van der Waals surface area contributed by atoms with Gasteiger partial charge in [0.1, 0.15) is 5.60 Å². The molecule has 2 N–H and O–H groups in total. The minimum atomic E-state index is -2.13. The minimum absolute atomic E-state index is 0.00678. The van der Waals surface area contributed by atoms with E-state index in [9.17, 15) is 19.8 Å². The van der Waals surface area contributed by atoms with Crippen LogP contribution in [0.15, 0.2) is 34.9 Å². The van der Waals surface area contributed by atoms with Crippen molar-refractivity contribution >= 4 is 28.2 Å². The molecule has 8 heteroatoms. The van der Waals surface area contributed by atoms with Gasteiger partial charge in [0.2, 0.25) is 0 Å². The number of carbonyl (C=O) groups is 2. The number of hydrogen-bond acceptors (Lipinski definition) is 6. The first-order valence-corrected chi connectivity index (χ1v) is 29.8. The molecule has 0 aromatic rings. The molecule has 0 aromatic heterocycles. The van der Waals surface area contributed by atoms with Gasteiger partial charge in [-0.25, -0.2) is 0 Å². The summed E-state index contributed by atoms with van der Waals surface area (Å²) in [6, 6.07) is 0. The van der Waals surface area contributed by atoms with Crippen LogP contribution in [0.3, 0.4) is 0 Å². The second kappa shape index (κ2) is 13.9. The Balaban J connectivity index is 0.000000182. The van der Waals surface area contributed by atoms with Crippen LogP contribution in [-0.2, 0) is 18.4 Å². The number of aliphatic hydroxyl groups is 2. The summed E-state index contributed by atoms with van der Waals surface area (Å²) in [5, 5.41) is 23.6. The fourth-order valence-electron chi connectivity index (χ4n) is 14.4. The molecule has 0 bridgehead atoms. The molecule has 0 heterocycles. The molecule has 8 aliphatic rings. The van der Waals surface area contributed by atoms with Crippen LogP contribution >= 0.6 is 0 Å². The summed E-state index contributed by atoms with van der Waals surface area (Å²) < 4.78 is 14.5. The standard InChI is InChI=1S/C26H44O4Si.C26H42O2Si/c1-14-11-17-19(24(17,6)7)20-21(30-31(9,10)23(3,4)5)15(2)22(28)26(29)13-16(27)12-18(26)25(14,20)8;1-15-11-17-13-18(27)14-19(17)26(8)16(2)12-20-21(25(20,6)7)22(26)23(15)28-29(9,10)24(3,4)5/h12,14-15,17,19-22,28-29H,11,13H2,1-10H3;11,14-16,20-23H,12-13H2,1-10H3/t14-,15+,17-,19-,20-,21-,22-,25-,26+;15-,16-,20-,21-,22-,23-,26-/m11/s1. The number of carbonyl (C=O) groups excluding carboxylic acids is 2. The Bertz CT molecular complexity index is 1890. The topological polar surface area (TPSA) is 93.1 Å². The highest BCUT2D eigenvalue weighted by Crippen LogP contribution is 2.77. The maximum Gasteiger partial charge on any atom is 0.192 e. The lowest BCUT2D eigenvalue weighted by atomic mass is 9.55. The van der Waals surface area contributed by atoms with Gasteiger partial charge in [0.05, 0.1) is 18.3 Å². The first-order chi connectivity index (χ1) is 27.0. The highest BCUT2D eigenvalue weighted by molar-refractivity contribution is 6.74. The first-order valence-electron chi connectivity index (χ1n) is 24.0. The van der Waals surface area contributed by atoms with Crippen LogP contribution in [0.5, 0.6) is 0 Å². The molecule has 5 saturated carbocycles. The first kappa shape index (κ1) is 46.8. The van der Waals surface area contributed by atoms with E-state index in [1.807, 2.05) is 13.0 Å². The van der Waals surface area contributed by atoms with Crippen LogP contribution < -0.4 is 0 Å². The number of hydrogen-bond donors (Lipinski definition) is 2. The Morgan fingerprint density at radius 3 is 1.60 bits per heavy atom. The van der Waals surface area contributed by atoms with Gasteiger partial charge in [0.25, 0.3) is 0 Å². The molecule has 5 fully saturated rings. The number of fused-ring (bicyclic) bond motifs is 10. The van der Waals surface area contributed by atoms with Gasteiger partial charge < -0.3 is 19.1 Å². The van der Waals surface area contributed by atoms with Crippen LogP contribution in [0.1, 0.15) is 136 Å². The van der Waals surface area contributed by atoms with Crippen molar-refractivity contribution < 1.29 is 28.7 Å². The number of ketones is 2. The van der Waals surface area contributed by atoms with Gasteiger partial charge in [0.15, 0.2) is 28.2 Å². The van der Waals surface area contributed by atoms with Gasteiger partial charge >= 0.3 is 0 Å². The summed E-state index contributed by atoms with van der Waals surface area (Å²) in [4.78, 5) is 25.1. The summed E-state index contributed by atoms with van der Waals surface area (Å²) in [5.74, 6) is 4.52. The van der Waals surface area contributed by atoms with Gasteiger partial charge in [-0.15, -0.1) is 0 Å². The van der Waals surface area contributed by atoms with Crippen LogP contribution in [0.4, 0.5) is 0 Å². The van der Waals surface area contributed by atoms with Crippen LogP contribution in [0.25, 0.3) is 0 Å². The Morgan fingerprint density at radius 1 is 0.667 bits per heavy atom. The predicted molar refractivity (Wildman–Crippen MR) is 249 cm³/mol. The summed E-state index contributed by atoms with van der Waals surface area (Å²) in [6.07, 6.45) is 8.18. The second-order valence-corrected chi connectivity index (χ2v) is 36.2. The van der Waals surface area contributed by atoms with E-state index in [2.05, 4.69) is 136 Å². The normalized spacial score (nSPS) is 46.4. The fraction of sp³-hybridized carbons (Fsp3) is 0.846. The van der Waals surface area contributed by atoms with Crippen LogP contribution in [-0.4, -0.2) is 62.3 Å². The predicted octanol–water partition coefficient (Wildman–Crippen LogP) is 11.7. The Labute approximate surface area is 367 Å². The summed E-state index contributed by atoms with van der Waals surface area (Å²) in [7, 11) is -4.04. The lowest BCUT2D eigenvalue weighted by Gasteiger charge is -2.52. The molecular formula is C52H86O6Si2. The molecule has 0 saturated heterocycles. The zero-order valence-electron chi connectivity index (χ0n) is 41.6. The highest BCUT2D eigenvalue weighted by atomic mass is 28.4. The Morgan fingerprint density at radius 2 is 1.12 bits per heavy atom. The van der Waals surface area contributed by atoms with Gasteiger partial charge in [-0.1, -0.05) is 117 Å². The van der Waals surface area contributed by atoms with Crippen molar-refractivity contribution in [2.75, 3.05) is 0 Å². The second-order valence-electron chi connectivity index (χ2n) is 26.7. The highest BCUT2D eigenvalue weighted by Gasteiger charge is 2.75. The zero-order valence-corrected chi connectivity index (χ0v) is 43.6. The molecule has 0 radical (unpaired) electrons. The third-order valence-corrected chi connectivity index (χ3v) is 29.7. The third-order valence-electron chi connectivity index (χ3n) is 20.8. The van der Waals surface area contributed by atoms with E-state index >= 15 is 0 Å². The van der Waals surface area contributed by atoms with E-state index in [4.69, 9.17) is 8.85 Å². The van der Waals surface area contributed by atoms with Crippen molar-refractivity contribution in [3.05, 3.63) is 34.9 Å². The molecule has 16 atom stereocenters. The largest absolute Gasteiger partial charge is 0.413 e. The molecule has 0 unspecified atom stereocenters. The van der Waals surface area contributed by atoms with Gasteiger partial charge in [0, 0.05) is 24.2 Å². The van der Waals surface area contributed by atoms with Crippen molar-refractivity contribution in [3.8, 4) is 0 Å². The van der Waals surface area contributed by atoms with E-state index in [-0.39, 0.29) is 62.6 Å². The number of allylic oxidation sites excluding steroid dienone is 4. The van der Waals surface area contributed by atoms with E-state index in [0.717, 1.165) is 17.9 Å². The monoisotopic (exact) mass is 863 g/mol. The van der Waals surface area contributed by atoms with Crippen LogP contribution in [0, 0.1) is 80.8 Å². The molecule has 60 heavy (non-hydrogen) atoms. The summed E-state index contributed by atoms with van der Waals surface area (Å²) in [6.45, 7) is 46.7. The molecule has 6 nitrogen and oxygen atoms in total. The summed E-state index contributed by atoms with van der Waals surface area (Å²) in [5.41, 5.74) is 2.24. The van der Waals surface area contributed by atoms with Crippen molar-refractivity contribution in [2.24, 2.45) is 80.8 Å². The Kier molecular flexibility index (Phi) is 10.9. The van der Waals surface area contributed by atoms with Crippen molar-refractivity contribution in [1.29, 1.82) is 0 Å². The lowest BCUT2D eigenvalue weighted by molar-refractivity contribution is -0.124. The molecule has 0 spiro atoms. The molecule has 0 aromatic carbocycles. The van der Waals surface area contributed by atoms with E-state index < -0.39 is 28.3 Å². The molecule has 8 rings (SSSR count). The van der Waals surface area contributed by atoms with Gasteiger partial charge in [-0.05, 0) is 147 Å². The molecular weight excluding hydrogens is 777 g/mol. The lowest BCUT2D eigenvalue weighted by Crippen LogP contribution is -2.54. The molecule has 8 aliphatic carbocycles. The fourth-order valence-corrected chi connectivity index (χ4v) is 17.2. The van der Waals surface area contributed by atoms with E-state index in [1.165, 1.54) is 17.6 Å². The van der Waals surface area contributed by atoms with Crippen LogP contribution in [0.2, 0.25) is 36.3 Å². The van der Waals surface area contributed by atoms with E-state index in [1.54, 1.807) is 6.08 Å². The summed E-state index contributed by atoms with van der Waals surface area (Å²) >= 11 is 0.